The molecule has 7 nitrogen and oxygen atoms in total. The summed E-state index contributed by atoms with van der Waals surface area (Å²) in [4.78, 5) is 25.3. The standard InChI is InChI=1S/C18H15N3O4/c22-16(21-8-7-11-3-1-2-4-15(11)21)10-25-12-5-6-14-13(9-12)17(18(23)24)20-19-14/h1-6,9H,7-8,10H2,(H,19,20)(H,23,24). The van der Waals surface area contributed by atoms with Crippen LogP contribution in [0.3, 0.4) is 0 Å². The molecule has 0 bridgehead atoms. The highest BCUT2D eigenvalue weighted by Gasteiger charge is 2.24. The minimum absolute atomic E-state index is 0.0692. The van der Waals surface area contributed by atoms with Crippen LogP contribution in [0.1, 0.15) is 16.1 Å². The van der Waals surface area contributed by atoms with Crippen LogP contribution < -0.4 is 9.64 Å². The van der Waals surface area contributed by atoms with Gasteiger partial charge in [0.25, 0.3) is 5.91 Å². The number of H-pyrrole nitrogens is 1. The summed E-state index contributed by atoms with van der Waals surface area (Å²) in [5.41, 5.74) is 2.61. The molecule has 2 heterocycles. The number of hydrogen-bond acceptors (Lipinski definition) is 4. The highest BCUT2D eigenvalue weighted by molar-refractivity contribution is 6.01. The van der Waals surface area contributed by atoms with Gasteiger partial charge in [-0.1, -0.05) is 18.2 Å². The number of hydrogen-bond donors (Lipinski definition) is 2. The first-order chi connectivity index (χ1) is 12.1. The Bertz CT molecular complexity index is 979. The van der Waals surface area contributed by atoms with Gasteiger partial charge in [-0.2, -0.15) is 5.10 Å². The molecule has 0 saturated carbocycles. The molecule has 2 N–H and O–H groups in total. The number of nitrogens with one attached hydrogen (secondary N) is 1. The maximum atomic E-state index is 12.5. The van der Waals surface area contributed by atoms with Crippen molar-refractivity contribution in [2.24, 2.45) is 0 Å². The molecule has 1 aromatic heterocycles. The number of carbonyl (C=O) groups excluding carboxylic acids is 1. The van der Waals surface area contributed by atoms with Gasteiger partial charge in [0.2, 0.25) is 0 Å². The van der Waals surface area contributed by atoms with Gasteiger partial charge in [0.1, 0.15) is 5.75 Å². The predicted octanol–water partition coefficient (Wildman–Crippen LogP) is 2.23. The van der Waals surface area contributed by atoms with E-state index in [1.807, 2.05) is 24.3 Å². The van der Waals surface area contributed by atoms with Gasteiger partial charge in [-0.05, 0) is 36.2 Å². The van der Waals surface area contributed by atoms with Gasteiger partial charge in [0.15, 0.2) is 12.3 Å². The lowest BCUT2D eigenvalue weighted by Crippen LogP contribution is -2.33. The van der Waals surface area contributed by atoms with E-state index >= 15 is 0 Å². The van der Waals surface area contributed by atoms with E-state index in [2.05, 4.69) is 10.2 Å². The van der Waals surface area contributed by atoms with Crippen molar-refractivity contribution in [3.8, 4) is 5.75 Å². The van der Waals surface area contributed by atoms with Crippen LogP contribution in [0, 0.1) is 0 Å². The highest BCUT2D eigenvalue weighted by Crippen LogP contribution is 2.28. The summed E-state index contributed by atoms with van der Waals surface area (Å²) in [7, 11) is 0. The number of para-hydroxylation sites is 1. The summed E-state index contributed by atoms with van der Waals surface area (Å²) in [5.74, 6) is -0.818. The summed E-state index contributed by atoms with van der Waals surface area (Å²) in [5, 5.41) is 16.0. The van der Waals surface area contributed by atoms with Crippen molar-refractivity contribution < 1.29 is 19.4 Å². The highest BCUT2D eigenvalue weighted by atomic mass is 16.5. The van der Waals surface area contributed by atoms with Gasteiger partial charge in [-0.25, -0.2) is 4.79 Å². The number of benzene rings is 2. The van der Waals surface area contributed by atoms with Gasteiger partial charge in [0.05, 0.1) is 5.52 Å². The van der Waals surface area contributed by atoms with Crippen LogP contribution in [-0.4, -0.2) is 40.3 Å². The Morgan fingerprint density at radius 1 is 1.24 bits per heavy atom. The lowest BCUT2D eigenvalue weighted by Gasteiger charge is -2.17. The quantitative estimate of drug-likeness (QED) is 0.761. The molecular weight excluding hydrogens is 322 g/mol. The number of nitrogens with zero attached hydrogens (tertiary/aromatic N) is 2. The zero-order valence-corrected chi connectivity index (χ0v) is 13.2. The number of rotatable bonds is 4. The molecule has 1 aliphatic heterocycles. The van der Waals surface area contributed by atoms with E-state index in [1.54, 1.807) is 23.1 Å². The van der Waals surface area contributed by atoms with Gasteiger partial charge in [0, 0.05) is 17.6 Å². The van der Waals surface area contributed by atoms with Crippen molar-refractivity contribution in [3.63, 3.8) is 0 Å². The molecule has 126 valence electrons. The van der Waals surface area contributed by atoms with E-state index in [-0.39, 0.29) is 18.2 Å². The minimum atomic E-state index is -1.12. The minimum Gasteiger partial charge on any atom is -0.484 e. The number of carbonyl (C=O) groups is 2. The number of amides is 1. The topological polar surface area (TPSA) is 95.5 Å². The fraction of sp³-hybridized carbons (Fsp3) is 0.167. The normalized spacial score (nSPS) is 13.0. The van der Waals surface area contributed by atoms with Gasteiger partial charge >= 0.3 is 5.97 Å². The van der Waals surface area contributed by atoms with E-state index in [0.29, 0.717) is 23.2 Å². The van der Waals surface area contributed by atoms with Crippen LogP contribution in [0.25, 0.3) is 10.9 Å². The van der Waals surface area contributed by atoms with Crippen molar-refractivity contribution in [3.05, 3.63) is 53.7 Å². The third kappa shape index (κ3) is 2.69. The van der Waals surface area contributed by atoms with E-state index in [9.17, 15) is 9.59 Å². The summed E-state index contributed by atoms with van der Waals surface area (Å²) in [6.07, 6.45) is 0.838. The number of anilines is 1. The fourth-order valence-electron chi connectivity index (χ4n) is 3.07. The number of carboxylic acids is 1. The molecule has 0 saturated heterocycles. The van der Waals surface area contributed by atoms with Crippen molar-refractivity contribution in [1.82, 2.24) is 10.2 Å². The summed E-state index contributed by atoms with van der Waals surface area (Å²) in [6.45, 7) is 0.533. The second-order valence-corrected chi connectivity index (χ2v) is 5.80. The molecule has 0 radical (unpaired) electrons. The molecule has 7 heteroatoms. The fourth-order valence-corrected chi connectivity index (χ4v) is 3.07. The number of aromatic amines is 1. The third-order valence-electron chi connectivity index (χ3n) is 4.29. The van der Waals surface area contributed by atoms with Gasteiger partial charge < -0.3 is 14.7 Å². The monoisotopic (exact) mass is 337 g/mol. The van der Waals surface area contributed by atoms with E-state index in [1.165, 1.54) is 0 Å². The molecule has 0 spiro atoms. The molecular formula is C18H15N3O4. The first-order valence-corrected chi connectivity index (χ1v) is 7.86. The van der Waals surface area contributed by atoms with Crippen molar-refractivity contribution in [2.75, 3.05) is 18.1 Å². The summed E-state index contributed by atoms with van der Waals surface area (Å²) >= 11 is 0. The lowest BCUT2D eigenvalue weighted by molar-refractivity contribution is -0.120. The first kappa shape index (κ1) is 15.2. The average molecular weight is 337 g/mol. The Morgan fingerprint density at radius 2 is 2.08 bits per heavy atom. The Balaban J connectivity index is 1.50. The number of carboxylic acid groups (broad SMARTS) is 1. The second kappa shape index (κ2) is 5.94. The van der Waals surface area contributed by atoms with Crippen LogP contribution >= 0.6 is 0 Å². The maximum Gasteiger partial charge on any atom is 0.357 e. The van der Waals surface area contributed by atoms with Crippen LogP contribution in [0.4, 0.5) is 5.69 Å². The number of aromatic nitrogens is 2. The van der Waals surface area contributed by atoms with Gasteiger partial charge in [-0.3, -0.25) is 9.89 Å². The van der Waals surface area contributed by atoms with E-state index in [0.717, 1.165) is 17.7 Å². The van der Waals surface area contributed by atoms with Crippen LogP contribution in [0.2, 0.25) is 0 Å². The van der Waals surface area contributed by atoms with Crippen LogP contribution in [0.15, 0.2) is 42.5 Å². The lowest BCUT2D eigenvalue weighted by atomic mass is 10.2. The SMILES string of the molecule is O=C(O)c1n[nH]c2ccc(OCC(=O)N3CCc4ccccc43)cc12. The van der Waals surface area contributed by atoms with Crippen molar-refractivity contribution in [1.29, 1.82) is 0 Å². The molecule has 0 fully saturated rings. The third-order valence-corrected chi connectivity index (χ3v) is 4.29. The summed E-state index contributed by atoms with van der Waals surface area (Å²) < 4.78 is 5.58. The molecule has 1 aliphatic rings. The zero-order valence-electron chi connectivity index (χ0n) is 13.2. The number of aromatic carboxylic acids is 1. The smallest absolute Gasteiger partial charge is 0.357 e. The number of fused-ring (bicyclic) bond motifs is 2. The maximum absolute atomic E-state index is 12.5. The van der Waals surface area contributed by atoms with Crippen molar-refractivity contribution in [2.45, 2.75) is 6.42 Å². The summed E-state index contributed by atoms with van der Waals surface area (Å²) in [6, 6.07) is 12.8. The van der Waals surface area contributed by atoms with E-state index < -0.39 is 5.97 Å². The molecule has 4 rings (SSSR count). The predicted molar refractivity (Wildman–Crippen MR) is 91.0 cm³/mol. The number of ether oxygens (including phenoxy) is 1. The van der Waals surface area contributed by atoms with Gasteiger partial charge in [-0.15, -0.1) is 0 Å². The molecule has 25 heavy (non-hydrogen) atoms. The second-order valence-electron chi connectivity index (χ2n) is 5.80. The molecule has 3 aromatic rings. The van der Waals surface area contributed by atoms with Crippen molar-refractivity contribution >= 4 is 28.5 Å². The molecule has 0 unspecified atom stereocenters. The molecule has 2 aromatic carbocycles. The molecule has 0 aliphatic carbocycles. The molecule has 0 atom stereocenters. The largest absolute Gasteiger partial charge is 0.484 e. The Labute approximate surface area is 142 Å². The zero-order chi connectivity index (χ0) is 17.4. The molecule has 1 amide bonds. The van der Waals surface area contributed by atoms with Crippen LogP contribution in [-0.2, 0) is 11.2 Å². The average Bonchev–Trinajstić information content (AvgIpc) is 3.23. The Morgan fingerprint density at radius 3 is 2.92 bits per heavy atom. The van der Waals surface area contributed by atoms with Crippen LogP contribution in [0.5, 0.6) is 5.75 Å². The Kier molecular flexibility index (Phi) is 3.61. The first-order valence-electron chi connectivity index (χ1n) is 7.86. The Hall–Kier alpha value is -3.35. The van der Waals surface area contributed by atoms with E-state index in [4.69, 9.17) is 9.84 Å².